The molecule has 0 aliphatic rings. The van der Waals surface area contributed by atoms with Crippen LogP contribution in [0, 0.1) is 0 Å². The first kappa shape index (κ1) is 20.1. The van der Waals surface area contributed by atoms with Gasteiger partial charge >= 0.3 is 6.03 Å². The molecule has 3 rings (SSSR count). The highest BCUT2D eigenvalue weighted by Gasteiger charge is 2.13. The first-order valence-corrected chi connectivity index (χ1v) is 9.24. The van der Waals surface area contributed by atoms with Gasteiger partial charge in [-0.2, -0.15) is 0 Å². The molecule has 2 aromatic carbocycles. The molecule has 8 nitrogen and oxygen atoms in total. The van der Waals surface area contributed by atoms with Crippen molar-refractivity contribution in [2.24, 2.45) is 5.73 Å². The zero-order chi connectivity index (χ0) is 20.6. The van der Waals surface area contributed by atoms with Crippen molar-refractivity contribution in [2.75, 3.05) is 26.9 Å². The summed E-state index contributed by atoms with van der Waals surface area (Å²) in [7, 11) is 1.63. The summed E-state index contributed by atoms with van der Waals surface area (Å²) in [6.45, 7) is 3.13. The van der Waals surface area contributed by atoms with Gasteiger partial charge in [0.25, 0.3) is 0 Å². The lowest BCUT2D eigenvalue weighted by atomic mass is 10.1. The maximum Gasteiger partial charge on any atom is 0.312 e. The number of carbonyl (C=O) groups excluding carboxylic acids is 1. The number of primary amides is 1. The smallest absolute Gasteiger partial charge is 0.312 e. The molecule has 0 aliphatic carbocycles. The molecular weight excluding hydrogens is 372 g/mol. The number of rotatable bonds is 9. The monoisotopic (exact) mass is 396 g/mol. The van der Waals surface area contributed by atoms with Crippen LogP contribution in [0.15, 0.2) is 54.6 Å². The van der Waals surface area contributed by atoms with Crippen molar-refractivity contribution in [1.29, 1.82) is 0 Å². The average Bonchev–Trinajstić information content (AvgIpc) is 3.16. The molecule has 0 aliphatic heterocycles. The third-order valence-electron chi connectivity index (χ3n) is 4.12. The van der Waals surface area contributed by atoms with E-state index in [4.69, 9.17) is 19.9 Å². The van der Waals surface area contributed by atoms with Gasteiger partial charge in [0.1, 0.15) is 18.1 Å². The van der Waals surface area contributed by atoms with E-state index in [-0.39, 0.29) is 0 Å². The number of nitrogens with two attached hydrogens (primary N) is 1. The lowest BCUT2D eigenvalue weighted by Crippen LogP contribution is -2.32. The molecule has 29 heavy (non-hydrogen) atoms. The summed E-state index contributed by atoms with van der Waals surface area (Å²) in [6, 6.07) is 16.6. The van der Waals surface area contributed by atoms with Crippen LogP contribution in [0.3, 0.4) is 0 Å². The Hall–Kier alpha value is -3.68. The van der Waals surface area contributed by atoms with Crippen LogP contribution < -0.4 is 25.3 Å². The van der Waals surface area contributed by atoms with Gasteiger partial charge in [0.05, 0.1) is 31.6 Å². The number of hydrogen-bond acceptors (Lipinski definition) is 5. The van der Waals surface area contributed by atoms with Crippen molar-refractivity contribution >= 4 is 6.03 Å². The van der Waals surface area contributed by atoms with E-state index in [2.05, 4.69) is 10.4 Å². The number of benzene rings is 2. The van der Waals surface area contributed by atoms with Crippen LogP contribution in [0.2, 0.25) is 0 Å². The number of hydrogen-bond donors (Lipinski definition) is 2. The maximum absolute atomic E-state index is 10.7. The molecule has 0 radical (unpaired) electrons. The predicted molar refractivity (Wildman–Crippen MR) is 110 cm³/mol. The number of nitrogens with one attached hydrogen (secondary N) is 1. The Balaban J connectivity index is 1.82. The van der Waals surface area contributed by atoms with E-state index in [1.165, 1.54) is 0 Å². The van der Waals surface area contributed by atoms with Gasteiger partial charge in [0.15, 0.2) is 0 Å². The molecule has 8 heteroatoms. The van der Waals surface area contributed by atoms with E-state index in [1.54, 1.807) is 7.11 Å². The Morgan fingerprint density at radius 1 is 1.07 bits per heavy atom. The predicted octanol–water partition coefficient (Wildman–Crippen LogP) is 2.99. The van der Waals surface area contributed by atoms with Crippen molar-refractivity contribution in [2.45, 2.75) is 6.92 Å². The third-order valence-corrected chi connectivity index (χ3v) is 4.12. The van der Waals surface area contributed by atoms with E-state index in [1.807, 2.05) is 66.2 Å². The van der Waals surface area contributed by atoms with Crippen molar-refractivity contribution in [3.05, 3.63) is 54.6 Å². The van der Waals surface area contributed by atoms with E-state index in [0.29, 0.717) is 31.4 Å². The fourth-order valence-electron chi connectivity index (χ4n) is 2.77. The van der Waals surface area contributed by atoms with Gasteiger partial charge in [-0.3, -0.25) is 0 Å². The molecule has 0 atom stereocenters. The van der Waals surface area contributed by atoms with Crippen molar-refractivity contribution < 1.29 is 19.0 Å². The summed E-state index contributed by atoms with van der Waals surface area (Å²) < 4.78 is 18.3. The fraction of sp³-hybridized carbons (Fsp3) is 0.238. The number of aromatic nitrogens is 2. The summed E-state index contributed by atoms with van der Waals surface area (Å²) in [5.41, 5.74) is 7.77. The molecule has 0 saturated carbocycles. The largest absolute Gasteiger partial charge is 0.497 e. The Morgan fingerprint density at radius 3 is 2.38 bits per heavy atom. The van der Waals surface area contributed by atoms with Crippen LogP contribution >= 0.6 is 0 Å². The Morgan fingerprint density at radius 2 is 1.76 bits per heavy atom. The number of amides is 2. The van der Waals surface area contributed by atoms with Crippen molar-refractivity contribution in [3.8, 4) is 34.3 Å². The van der Waals surface area contributed by atoms with Crippen LogP contribution in [-0.4, -0.2) is 42.7 Å². The lowest BCUT2D eigenvalue weighted by Gasteiger charge is -2.10. The second kappa shape index (κ2) is 9.50. The molecule has 2 amide bonds. The Bertz CT molecular complexity index is 936. The molecule has 3 aromatic rings. The molecule has 152 valence electrons. The van der Waals surface area contributed by atoms with Crippen LogP contribution in [-0.2, 0) is 0 Å². The molecule has 3 N–H and O–H groups in total. The number of ether oxygens (including phenoxy) is 3. The maximum atomic E-state index is 10.7. The van der Waals surface area contributed by atoms with Crippen LogP contribution in [0.25, 0.3) is 16.9 Å². The first-order valence-electron chi connectivity index (χ1n) is 9.24. The van der Waals surface area contributed by atoms with E-state index in [0.717, 1.165) is 22.7 Å². The minimum absolute atomic E-state index is 0.334. The molecule has 1 heterocycles. The highest BCUT2D eigenvalue weighted by atomic mass is 16.5. The van der Waals surface area contributed by atoms with Gasteiger partial charge in [-0.1, -0.05) is 0 Å². The number of carbonyl (C=O) groups is 1. The van der Waals surface area contributed by atoms with E-state index < -0.39 is 6.03 Å². The topological polar surface area (TPSA) is 101 Å². The van der Waals surface area contributed by atoms with E-state index >= 15 is 0 Å². The van der Waals surface area contributed by atoms with Crippen molar-refractivity contribution in [3.63, 3.8) is 0 Å². The van der Waals surface area contributed by atoms with Crippen LogP contribution in [0.4, 0.5) is 4.79 Å². The summed E-state index contributed by atoms with van der Waals surface area (Å²) in [5.74, 6) is 2.02. The summed E-state index contributed by atoms with van der Waals surface area (Å²) in [5, 5.41) is 7.05. The average molecular weight is 396 g/mol. The normalized spacial score (nSPS) is 10.4. The van der Waals surface area contributed by atoms with Gasteiger partial charge in [0, 0.05) is 11.6 Å². The summed E-state index contributed by atoms with van der Waals surface area (Å²) >= 11 is 0. The van der Waals surface area contributed by atoms with Gasteiger partial charge in [-0.15, -0.1) is 5.10 Å². The minimum atomic E-state index is -0.569. The molecule has 0 fully saturated rings. The molecule has 0 saturated heterocycles. The summed E-state index contributed by atoms with van der Waals surface area (Å²) in [6.07, 6.45) is 0. The second-order valence-electron chi connectivity index (χ2n) is 6.07. The third kappa shape index (κ3) is 5.19. The zero-order valence-corrected chi connectivity index (χ0v) is 16.4. The fourth-order valence-corrected chi connectivity index (χ4v) is 2.77. The number of urea groups is 1. The molecule has 0 bridgehead atoms. The van der Waals surface area contributed by atoms with E-state index in [9.17, 15) is 4.79 Å². The number of nitrogens with zero attached hydrogens (tertiary/aromatic N) is 2. The standard InChI is InChI=1S/C21H24N4O4/c1-3-28-20-14-19(25(24-20)16-6-10-17(27-2)11-7-16)15-4-8-18(9-5-15)29-13-12-23-21(22)26/h4-11,14H,3,12-13H2,1-2H3,(H3,22,23,26). The minimum Gasteiger partial charge on any atom is -0.497 e. The Kier molecular flexibility index (Phi) is 6.57. The Labute approximate surface area is 169 Å². The van der Waals surface area contributed by atoms with Crippen molar-refractivity contribution in [1.82, 2.24) is 15.1 Å². The quantitative estimate of drug-likeness (QED) is 0.542. The highest BCUT2D eigenvalue weighted by molar-refractivity contribution is 5.71. The lowest BCUT2D eigenvalue weighted by molar-refractivity contribution is 0.244. The van der Waals surface area contributed by atoms with Gasteiger partial charge < -0.3 is 25.3 Å². The number of methoxy groups -OCH3 is 1. The van der Waals surface area contributed by atoms with Crippen LogP contribution in [0.1, 0.15) is 6.92 Å². The molecule has 0 unspecified atom stereocenters. The van der Waals surface area contributed by atoms with Crippen LogP contribution in [0.5, 0.6) is 17.4 Å². The van der Waals surface area contributed by atoms with Gasteiger partial charge in [-0.25, -0.2) is 9.48 Å². The summed E-state index contributed by atoms with van der Waals surface area (Å²) in [4.78, 5) is 10.7. The van der Waals surface area contributed by atoms with Gasteiger partial charge in [0.2, 0.25) is 5.88 Å². The molecule has 1 aromatic heterocycles. The molecular formula is C21H24N4O4. The highest BCUT2D eigenvalue weighted by Crippen LogP contribution is 2.29. The molecule has 0 spiro atoms. The SMILES string of the molecule is CCOc1cc(-c2ccc(OCCNC(N)=O)cc2)n(-c2ccc(OC)cc2)n1. The first-order chi connectivity index (χ1) is 14.1. The second-order valence-corrected chi connectivity index (χ2v) is 6.07. The van der Waals surface area contributed by atoms with Gasteiger partial charge in [-0.05, 0) is 55.5 Å². The zero-order valence-electron chi connectivity index (χ0n) is 16.4.